The minimum atomic E-state index is -0.628. The summed E-state index contributed by atoms with van der Waals surface area (Å²) in [6.45, 7) is 1.77. The van der Waals surface area contributed by atoms with Crippen molar-refractivity contribution in [3.63, 3.8) is 0 Å². The smallest absolute Gasteiger partial charge is 0.239 e. The molecule has 120 valence electrons. The molecular weight excluding hydrogens is 325 g/mol. The highest BCUT2D eigenvalue weighted by Gasteiger charge is 2.37. The molecule has 1 aromatic rings. The van der Waals surface area contributed by atoms with Crippen molar-refractivity contribution in [1.82, 2.24) is 10.2 Å². The maximum absolute atomic E-state index is 12.4. The lowest BCUT2D eigenvalue weighted by Gasteiger charge is -2.17. The second-order valence-electron chi connectivity index (χ2n) is 5.52. The molecule has 1 fully saturated rings. The predicted octanol–water partition coefficient (Wildman–Crippen LogP) is 2.02. The monoisotopic (exact) mass is 343 g/mol. The summed E-state index contributed by atoms with van der Waals surface area (Å²) in [6.07, 6.45) is 0.507. The number of amides is 2. The maximum Gasteiger partial charge on any atom is 0.239 e. The molecule has 22 heavy (non-hydrogen) atoms. The molecule has 1 saturated heterocycles. The van der Waals surface area contributed by atoms with Gasteiger partial charge in [0.25, 0.3) is 0 Å². The van der Waals surface area contributed by atoms with E-state index in [4.69, 9.17) is 23.2 Å². The Hall–Kier alpha value is -1.30. The van der Waals surface area contributed by atoms with Gasteiger partial charge in [-0.25, -0.2) is 0 Å². The molecule has 1 atom stereocenters. The topological polar surface area (TPSA) is 52.7 Å². The number of benzene rings is 1. The highest BCUT2D eigenvalue weighted by Crippen LogP contribution is 2.31. The van der Waals surface area contributed by atoms with Crippen molar-refractivity contribution in [2.45, 2.75) is 6.42 Å². The van der Waals surface area contributed by atoms with Crippen molar-refractivity contribution in [2.75, 3.05) is 38.6 Å². The van der Waals surface area contributed by atoms with Gasteiger partial charge in [-0.15, -0.1) is 0 Å². The zero-order valence-electron chi connectivity index (χ0n) is 12.6. The van der Waals surface area contributed by atoms with Crippen LogP contribution in [0.25, 0.3) is 0 Å². The third-order valence-electron chi connectivity index (χ3n) is 3.60. The van der Waals surface area contributed by atoms with Crippen molar-refractivity contribution in [1.29, 1.82) is 0 Å². The standard InChI is InChI=1S/C15H19Cl2N3O2/c1-19(2)8-6-18-14(21)11-5-7-20(15(11)22)10-3-4-12(16)13(17)9-10/h3-4,9,11H,5-8H2,1-2H3,(H,18,21). The van der Waals surface area contributed by atoms with E-state index in [9.17, 15) is 9.59 Å². The van der Waals surface area contributed by atoms with E-state index in [1.807, 2.05) is 19.0 Å². The molecule has 0 saturated carbocycles. The Kier molecular flexibility index (Phi) is 5.67. The van der Waals surface area contributed by atoms with Crippen LogP contribution < -0.4 is 10.2 Å². The van der Waals surface area contributed by atoms with Crippen LogP contribution >= 0.6 is 23.2 Å². The minimum Gasteiger partial charge on any atom is -0.354 e. The SMILES string of the molecule is CN(C)CCNC(=O)C1CCN(c2ccc(Cl)c(Cl)c2)C1=O. The molecule has 0 spiro atoms. The summed E-state index contributed by atoms with van der Waals surface area (Å²) in [5.74, 6) is -1.04. The first-order valence-corrected chi connectivity index (χ1v) is 7.84. The van der Waals surface area contributed by atoms with Crippen LogP contribution in [0.2, 0.25) is 10.0 Å². The van der Waals surface area contributed by atoms with E-state index in [0.29, 0.717) is 35.2 Å². The van der Waals surface area contributed by atoms with Crippen molar-refractivity contribution in [2.24, 2.45) is 5.92 Å². The van der Waals surface area contributed by atoms with Gasteiger partial charge in [-0.05, 0) is 38.7 Å². The molecule has 0 bridgehead atoms. The number of carbonyl (C=O) groups excluding carboxylic acids is 2. The van der Waals surface area contributed by atoms with E-state index in [1.165, 1.54) is 0 Å². The molecule has 1 aliphatic heterocycles. The van der Waals surface area contributed by atoms with E-state index in [1.54, 1.807) is 23.1 Å². The van der Waals surface area contributed by atoms with E-state index in [0.717, 1.165) is 6.54 Å². The fourth-order valence-electron chi connectivity index (χ4n) is 2.36. The normalized spacial score (nSPS) is 18.1. The Labute approximate surface area is 140 Å². The van der Waals surface area contributed by atoms with Gasteiger partial charge in [0.1, 0.15) is 5.92 Å². The third-order valence-corrected chi connectivity index (χ3v) is 4.33. The number of likely N-dealkylation sites (N-methyl/N-ethyl adjacent to an activating group) is 1. The number of rotatable bonds is 5. The number of anilines is 1. The van der Waals surface area contributed by atoms with Crippen LogP contribution in [0, 0.1) is 5.92 Å². The van der Waals surface area contributed by atoms with Crippen molar-refractivity contribution in [3.05, 3.63) is 28.2 Å². The summed E-state index contributed by atoms with van der Waals surface area (Å²) in [6, 6.07) is 5.03. The largest absolute Gasteiger partial charge is 0.354 e. The van der Waals surface area contributed by atoms with Gasteiger partial charge in [-0.1, -0.05) is 23.2 Å². The molecule has 1 unspecified atom stereocenters. The van der Waals surface area contributed by atoms with Crippen molar-refractivity contribution >= 4 is 40.7 Å². The van der Waals surface area contributed by atoms with E-state index >= 15 is 0 Å². The lowest BCUT2D eigenvalue weighted by atomic mass is 10.1. The predicted molar refractivity (Wildman–Crippen MR) is 88.5 cm³/mol. The van der Waals surface area contributed by atoms with Gasteiger partial charge in [-0.3, -0.25) is 9.59 Å². The Morgan fingerprint density at radius 1 is 1.36 bits per heavy atom. The second kappa shape index (κ2) is 7.31. The summed E-state index contributed by atoms with van der Waals surface area (Å²) < 4.78 is 0. The number of nitrogens with one attached hydrogen (secondary N) is 1. The van der Waals surface area contributed by atoms with E-state index < -0.39 is 5.92 Å². The first-order valence-electron chi connectivity index (χ1n) is 7.09. The Morgan fingerprint density at radius 3 is 2.73 bits per heavy atom. The van der Waals surface area contributed by atoms with Gasteiger partial charge in [0.2, 0.25) is 11.8 Å². The molecule has 2 amide bonds. The van der Waals surface area contributed by atoms with Crippen LogP contribution in [0.3, 0.4) is 0 Å². The zero-order chi connectivity index (χ0) is 16.3. The summed E-state index contributed by atoms with van der Waals surface area (Å²) in [7, 11) is 3.86. The number of halogens is 2. The molecule has 0 radical (unpaired) electrons. The summed E-state index contributed by atoms with van der Waals surface area (Å²) in [4.78, 5) is 28.1. The maximum atomic E-state index is 12.4. The van der Waals surface area contributed by atoms with Gasteiger partial charge in [0, 0.05) is 25.3 Å². The highest BCUT2D eigenvalue weighted by atomic mass is 35.5. The molecule has 1 N–H and O–H groups in total. The fraction of sp³-hybridized carbons (Fsp3) is 0.467. The zero-order valence-corrected chi connectivity index (χ0v) is 14.1. The molecule has 0 aromatic heterocycles. The fourth-order valence-corrected chi connectivity index (χ4v) is 2.65. The molecule has 5 nitrogen and oxygen atoms in total. The quantitative estimate of drug-likeness (QED) is 0.832. The van der Waals surface area contributed by atoms with E-state index in [-0.39, 0.29) is 11.8 Å². The molecule has 0 aliphatic carbocycles. The van der Waals surface area contributed by atoms with Crippen LogP contribution in [0.5, 0.6) is 0 Å². The average molecular weight is 344 g/mol. The van der Waals surface area contributed by atoms with Crippen molar-refractivity contribution in [3.8, 4) is 0 Å². The summed E-state index contributed by atoms with van der Waals surface area (Å²) >= 11 is 11.9. The lowest BCUT2D eigenvalue weighted by molar-refractivity contribution is -0.132. The van der Waals surface area contributed by atoms with Gasteiger partial charge >= 0.3 is 0 Å². The summed E-state index contributed by atoms with van der Waals surface area (Å²) in [5, 5.41) is 3.64. The minimum absolute atomic E-state index is 0.194. The Balaban J connectivity index is 2.00. The van der Waals surface area contributed by atoms with Crippen LogP contribution in [-0.2, 0) is 9.59 Å². The Morgan fingerprint density at radius 2 is 2.09 bits per heavy atom. The van der Waals surface area contributed by atoms with Gasteiger partial charge < -0.3 is 15.1 Å². The molecule has 1 aliphatic rings. The molecule has 1 heterocycles. The lowest BCUT2D eigenvalue weighted by Crippen LogP contribution is -2.39. The van der Waals surface area contributed by atoms with Gasteiger partial charge in [0.15, 0.2) is 0 Å². The molecular formula is C15H19Cl2N3O2. The molecule has 1 aromatic carbocycles. The van der Waals surface area contributed by atoms with Crippen LogP contribution in [0.15, 0.2) is 18.2 Å². The number of hydrogen-bond donors (Lipinski definition) is 1. The second-order valence-corrected chi connectivity index (χ2v) is 6.34. The first-order chi connectivity index (χ1) is 10.4. The van der Waals surface area contributed by atoms with Crippen LogP contribution in [0.4, 0.5) is 5.69 Å². The molecule has 7 heteroatoms. The summed E-state index contributed by atoms with van der Waals surface area (Å²) in [5.41, 5.74) is 0.669. The van der Waals surface area contributed by atoms with Crippen LogP contribution in [0.1, 0.15) is 6.42 Å². The van der Waals surface area contributed by atoms with Crippen molar-refractivity contribution < 1.29 is 9.59 Å². The third kappa shape index (κ3) is 3.91. The van der Waals surface area contributed by atoms with Gasteiger partial charge in [-0.2, -0.15) is 0 Å². The number of carbonyl (C=O) groups is 2. The number of nitrogens with zero attached hydrogens (tertiary/aromatic N) is 2. The molecule has 2 rings (SSSR count). The van der Waals surface area contributed by atoms with E-state index in [2.05, 4.69) is 5.32 Å². The van der Waals surface area contributed by atoms with Gasteiger partial charge in [0.05, 0.1) is 10.0 Å². The number of hydrogen-bond acceptors (Lipinski definition) is 3. The average Bonchev–Trinajstić information content (AvgIpc) is 2.83. The highest BCUT2D eigenvalue weighted by molar-refractivity contribution is 6.42. The first kappa shape index (κ1) is 17.1. The Bertz CT molecular complexity index is 578. The van der Waals surface area contributed by atoms with Crippen LogP contribution in [-0.4, -0.2) is 50.4 Å².